The SMILES string of the molecule is CCC(C#N)S(=O)(=O)NCC(C)(C)CN(C)C. The van der Waals surface area contributed by atoms with Crippen LogP contribution >= 0.6 is 0 Å². The largest absolute Gasteiger partial charge is 0.309 e. The number of nitrogens with one attached hydrogen (secondary N) is 1. The highest BCUT2D eigenvalue weighted by Gasteiger charge is 2.27. The second-order valence-corrected chi connectivity index (χ2v) is 7.24. The summed E-state index contributed by atoms with van der Waals surface area (Å²) >= 11 is 0. The van der Waals surface area contributed by atoms with Gasteiger partial charge in [-0.3, -0.25) is 0 Å². The molecule has 0 saturated heterocycles. The van der Waals surface area contributed by atoms with Crippen LogP contribution in [0.5, 0.6) is 0 Å². The predicted octanol–water partition coefficient (Wildman–Crippen LogP) is 0.796. The molecular formula is C11H23N3O2S. The fourth-order valence-electron chi connectivity index (χ4n) is 1.69. The Bertz CT molecular complexity index is 369. The number of rotatable bonds is 7. The molecule has 6 heteroatoms. The molecule has 0 rings (SSSR count). The molecular weight excluding hydrogens is 238 g/mol. The summed E-state index contributed by atoms with van der Waals surface area (Å²) in [5.41, 5.74) is -0.162. The van der Waals surface area contributed by atoms with Crippen molar-refractivity contribution in [2.75, 3.05) is 27.2 Å². The number of hydrogen-bond acceptors (Lipinski definition) is 4. The summed E-state index contributed by atoms with van der Waals surface area (Å²) in [7, 11) is 0.369. The van der Waals surface area contributed by atoms with Crippen LogP contribution in [0.4, 0.5) is 0 Å². The summed E-state index contributed by atoms with van der Waals surface area (Å²) < 4.78 is 26.1. The molecule has 17 heavy (non-hydrogen) atoms. The lowest BCUT2D eigenvalue weighted by Crippen LogP contribution is -2.42. The van der Waals surface area contributed by atoms with Gasteiger partial charge in [0.2, 0.25) is 10.0 Å². The minimum absolute atomic E-state index is 0.162. The molecule has 0 aliphatic rings. The van der Waals surface area contributed by atoms with Crippen LogP contribution in [0.2, 0.25) is 0 Å². The molecule has 0 saturated carbocycles. The van der Waals surface area contributed by atoms with Gasteiger partial charge >= 0.3 is 0 Å². The topological polar surface area (TPSA) is 73.2 Å². The van der Waals surface area contributed by atoms with E-state index in [1.54, 1.807) is 6.92 Å². The van der Waals surface area contributed by atoms with Crippen molar-refractivity contribution in [3.63, 3.8) is 0 Å². The van der Waals surface area contributed by atoms with Gasteiger partial charge in [0.25, 0.3) is 0 Å². The van der Waals surface area contributed by atoms with Crippen LogP contribution in [0.25, 0.3) is 0 Å². The van der Waals surface area contributed by atoms with Gasteiger partial charge in [0.15, 0.2) is 5.25 Å². The Morgan fingerprint density at radius 1 is 1.41 bits per heavy atom. The van der Waals surface area contributed by atoms with Crippen molar-refractivity contribution in [2.24, 2.45) is 5.41 Å². The summed E-state index contributed by atoms with van der Waals surface area (Å²) in [4.78, 5) is 2.01. The Labute approximate surface area is 105 Å². The smallest absolute Gasteiger partial charge is 0.227 e. The normalized spacial score (nSPS) is 14.6. The molecule has 0 aromatic rings. The molecule has 0 fully saturated rings. The first-order valence-corrected chi connectivity index (χ1v) is 7.22. The van der Waals surface area contributed by atoms with Crippen molar-refractivity contribution in [1.82, 2.24) is 9.62 Å². The van der Waals surface area contributed by atoms with Crippen molar-refractivity contribution < 1.29 is 8.42 Å². The maximum absolute atomic E-state index is 11.8. The third kappa shape index (κ3) is 6.01. The van der Waals surface area contributed by atoms with Crippen LogP contribution in [0.15, 0.2) is 0 Å². The average Bonchev–Trinajstić information content (AvgIpc) is 2.15. The summed E-state index contributed by atoms with van der Waals surface area (Å²) in [6.07, 6.45) is 0.305. The molecule has 100 valence electrons. The molecule has 0 aromatic carbocycles. The van der Waals surface area contributed by atoms with E-state index in [2.05, 4.69) is 4.72 Å². The minimum atomic E-state index is -3.52. The molecule has 0 radical (unpaired) electrons. The number of nitriles is 1. The van der Waals surface area contributed by atoms with Gasteiger partial charge in [-0.05, 0) is 25.9 Å². The van der Waals surface area contributed by atoms with Crippen LogP contribution in [0, 0.1) is 16.7 Å². The van der Waals surface area contributed by atoms with E-state index in [-0.39, 0.29) is 5.41 Å². The standard InChI is InChI=1S/C11H23N3O2S/c1-6-10(7-12)17(15,16)13-8-11(2,3)9-14(4)5/h10,13H,6,8-9H2,1-5H3. The first-order chi connectivity index (χ1) is 7.64. The molecule has 0 aromatic heterocycles. The third-order valence-electron chi connectivity index (χ3n) is 2.39. The third-order valence-corrected chi connectivity index (χ3v) is 4.12. The van der Waals surface area contributed by atoms with Crippen LogP contribution in [0.1, 0.15) is 27.2 Å². The Balaban J connectivity index is 4.52. The average molecular weight is 261 g/mol. The second kappa shape index (κ2) is 6.34. The summed E-state index contributed by atoms with van der Waals surface area (Å²) in [6, 6.07) is 1.81. The Hall–Kier alpha value is -0.640. The van der Waals surface area contributed by atoms with Crippen molar-refractivity contribution in [3.05, 3.63) is 0 Å². The minimum Gasteiger partial charge on any atom is -0.309 e. The van der Waals surface area contributed by atoms with E-state index in [1.807, 2.05) is 38.9 Å². The lowest BCUT2D eigenvalue weighted by molar-refractivity contribution is 0.242. The van der Waals surface area contributed by atoms with Crippen LogP contribution in [-0.2, 0) is 10.0 Å². The van der Waals surface area contributed by atoms with E-state index in [4.69, 9.17) is 5.26 Å². The van der Waals surface area contributed by atoms with Gasteiger partial charge in [-0.15, -0.1) is 0 Å². The summed E-state index contributed by atoms with van der Waals surface area (Å²) in [5.74, 6) is 0. The van der Waals surface area contributed by atoms with Crippen molar-refractivity contribution in [1.29, 1.82) is 5.26 Å². The van der Waals surface area contributed by atoms with Crippen molar-refractivity contribution in [2.45, 2.75) is 32.4 Å². The fraction of sp³-hybridized carbons (Fsp3) is 0.909. The molecule has 0 amide bonds. The van der Waals surface area contributed by atoms with E-state index < -0.39 is 15.3 Å². The first kappa shape index (κ1) is 16.4. The number of hydrogen-bond donors (Lipinski definition) is 1. The Morgan fingerprint density at radius 2 is 1.94 bits per heavy atom. The molecule has 1 N–H and O–H groups in total. The summed E-state index contributed by atoms with van der Waals surface area (Å²) in [6.45, 7) is 6.79. The van der Waals surface area contributed by atoms with Gasteiger partial charge in [0.1, 0.15) is 0 Å². The molecule has 0 aliphatic carbocycles. The van der Waals surface area contributed by atoms with E-state index in [0.717, 1.165) is 6.54 Å². The first-order valence-electron chi connectivity index (χ1n) is 5.67. The maximum Gasteiger partial charge on any atom is 0.227 e. The van der Waals surface area contributed by atoms with Crippen molar-refractivity contribution in [3.8, 4) is 6.07 Å². The number of sulfonamides is 1. The Kier molecular flexibility index (Phi) is 6.10. The lowest BCUT2D eigenvalue weighted by atomic mass is 9.93. The van der Waals surface area contributed by atoms with E-state index in [1.165, 1.54) is 0 Å². The molecule has 0 aliphatic heterocycles. The highest BCUT2D eigenvalue weighted by molar-refractivity contribution is 7.90. The van der Waals surface area contributed by atoms with Crippen LogP contribution in [-0.4, -0.2) is 45.8 Å². The zero-order chi connectivity index (χ0) is 13.7. The zero-order valence-electron chi connectivity index (χ0n) is 11.3. The van der Waals surface area contributed by atoms with Crippen molar-refractivity contribution >= 4 is 10.0 Å². The van der Waals surface area contributed by atoms with Gasteiger partial charge in [-0.1, -0.05) is 20.8 Å². The van der Waals surface area contributed by atoms with Crippen LogP contribution in [0.3, 0.4) is 0 Å². The van der Waals surface area contributed by atoms with Crippen LogP contribution < -0.4 is 4.72 Å². The van der Waals surface area contributed by atoms with E-state index >= 15 is 0 Å². The number of nitrogens with zero attached hydrogens (tertiary/aromatic N) is 2. The quantitative estimate of drug-likeness (QED) is 0.735. The highest BCUT2D eigenvalue weighted by Crippen LogP contribution is 2.15. The maximum atomic E-state index is 11.8. The fourth-order valence-corrected chi connectivity index (χ4v) is 3.06. The Morgan fingerprint density at radius 3 is 2.29 bits per heavy atom. The molecule has 0 spiro atoms. The molecule has 1 atom stereocenters. The molecule has 0 heterocycles. The van der Waals surface area contributed by atoms with Gasteiger partial charge in [0, 0.05) is 13.1 Å². The molecule has 1 unspecified atom stereocenters. The summed E-state index contributed by atoms with van der Waals surface area (Å²) in [5, 5.41) is 7.80. The van der Waals surface area contributed by atoms with Gasteiger partial charge in [-0.25, -0.2) is 13.1 Å². The highest BCUT2D eigenvalue weighted by atomic mass is 32.2. The molecule has 0 bridgehead atoms. The van der Waals surface area contributed by atoms with E-state index in [9.17, 15) is 8.42 Å². The predicted molar refractivity (Wildman–Crippen MR) is 68.9 cm³/mol. The van der Waals surface area contributed by atoms with E-state index in [0.29, 0.717) is 13.0 Å². The molecule has 5 nitrogen and oxygen atoms in total. The second-order valence-electron chi connectivity index (χ2n) is 5.29. The van der Waals surface area contributed by atoms with Gasteiger partial charge in [-0.2, -0.15) is 5.26 Å². The lowest BCUT2D eigenvalue weighted by Gasteiger charge is -2.28. The zero-order valence-corrected chi connectivity index (χ0v) is 12.1. The van der Waals surface area contributed by atoms with Gasteiger partial charge in [0.05, 0.1) is 6.07 Å². The monoisotopic (exact) mass is 261 g/mol. The van der Waals surface area contributed by atoms with Gasteiger partial charge < -0.3 is 4.90 Å².